The fraction of sp³-hybridized carbons (Fsp3) is 0.826. The molecule has 0 aromatic rings. The summed E-state index contributed by atoms with van der Waals surface area (Å²) in [4.78, 5) is 2.21. The Balaban J connectivity index is 1.97. The van der Waals surface area contributed by atoms with Gasteiger partial charge in [-0.25, -0.2) is 0 Å². The Kier molecular flexibility index (Phi) is 7.84. The molecule has 148 valence electrons. The molecule has 2 aliphatic rings. The molecule has 2 rings (SSSR count). The van der Waals surface area contributed by atoms with E-state index in [-0.39, 0.29) is 6.29 Å². The van der Waals surface area contributed by atoms with Gasteiger partial charge in [0.25, 0.3) is 0 Å². The van der Waals surface area contributed by atoms with Gasteiger partial charge in [-0.3, -0.25) is 0 Å². The molecule has 0 aromatic carbocycles. The molecule has 3 heteroatoms. The highest BCUT2D eigenvalue weighted by atomic mass is 79.9. The van der Waals surface area contributed by atoms with Gasteiger partial charge in [-0.15, -0.1) is 0 Å². The molecule has 1 unspecified atom stereocenters. The van der Waals surface area contributed by atoms with Crippen LogP contribution in [0.25, 0.3) is 0 Å². The van der Waals surface area contributed by atoms with Gasteiger partial charge in [0.2, 0.25) is 0 Å². The number of hydrogen-bond donors (Lipinski definition) is 0. The molecular formula is C23H37BrO2. The molecule has 2 nitrogen and oxygen atoms in total. The fourth-order valence-electron chi connectivity index (χ4n) is 5.43. The van der Waals surface area contributed by atoms with Crippen molar-refractivity contribution in [2.45, 2.75) is 92.0 Å². The van der Waals surface area contributed by atoms with Crippen LogP contribution in [0.3, 0.4) is 0 Å². The second-order valence-corrected chi connectivity index (χ2v) is 9.37. The molecule has 5 atom stereocenters. The van der Waals surface area contributed by atoms with Crippen molar-refractivity contribution in [3.8, 4) is 11.8 Å². The summed E-state index contributed by atoms with van der Waals surface area (Å²) in [6, 6.07) is 0. The first-order valence-corrected chi connectivity index (χ1v) is 11.2. The predicted octanol–water partition coefficient (Wildman–Crippen LogP) is 6.69. The second kappa shape index (κ2) is 9.26. The Hall–Kier alpha value is -0.300. The van der Waals surface area contributed by atoms with E-state index in [1.54, 1.807) is 5.57 Å². The molecule has 0 aliphatic heterocycles. The van der Waals surface area contributed by atoms with E-state index >= 15 is 0 Å². The van der Waals surface area contributed by atoms with Crippen LogP contribution in [0.4, 0.5) is 0 Å². The third kappa shape index (κ3) is 5.15. The molecule has 2 saturated carbocycles. The molecule has 0 N–H and O–H groups in total. The third-order valence-corrected chi connectivity index (χ3v) is 7.13. The Bertz CT molecular complexity index is 556. The zero-order valence-electron chi connectivity index (χ0n) is 17.5. The zero-order chi connectivity index (χ0) is 19.4. The van der Waals surface area contributed by atoms with Crippen molar-refractivity contribution in [2.24, 2.45) is 23.2 Å². The van der Waals surface area contributed by atoms with E-state index in [0.29, 0.717) is 17.9 Å². The number of fused-ring (bicyclic) bond motifs is 1. The fourth-order valence-corrected chi connectivity index (χ4v) is 5.97. The van der Waals surface area contributed by atoms with Gasteiger partial charge in [0, 0.05) is 13.0 Å². The first-order chi connectivity index (χ1) is 12.2. The predicted molar refractivity (Wildman–Crippen MR) is 113 cm³/mol. The van der Waals surface area contributed by atoms with Gasteiger partial charge in [0.15, 0.2) is 6.29 Å². The lowest BCUT2D eigenvalue weighted by Crippen LogP contribution is -2.35. The van der Waals surface area contributed by atoms with Gasteiger partial charge in [-0.05, 0) is 88.0 Å². The largest absolute Gasteiger partial charge is 0.353 e. The number of hydrogen-bond acceptors (Lipinski definition) is 2. The van der Waals surface area contributed by atoms with Crippen LogP contribution in [0.2, 0.25) is 0 Å². The average molecular weight is 425 g/mol. The summed E-state index contributed by atoms with van der Waals surface area (Å²) in [5.41, 5.74) is 1.63. The molecule has 0 aromatic heterocycles. The van der Waals surface area contributed by atoms with E-state index in [2.05, 4.69) is 46.6 Å². The molecule has 0 spiro atoms. The monoisotopic (exact) mass is 424 g/mol. The maximum Gasteiger partial charge on any atom is 0.156 e. The topological polar surface area (TPSA) is 18.5 Å². The van der Waals surface area contributed by atoms with Crippen molar-refractivity contribution in [3.63, 3.8) is 0 Å². The van der Waals surface area contributed by atoms with Crippen molar-refractivity contribution < 1.29 is 9.47 Å². The molecule has 2 fully saturated rings. The summed E-state index contributed by atoms with van der Waals surface area (Å²) in [7, 11) is 0. The van der Waals surface area contributed by atoms with Crippen LogP contribution in [-0.4, -0.2) is 18.5 Å². The highest BCUT2D eigenvalue weighted by molar-refractivity contribution is 9.11. The quantitative estimate of drug-likeness (QED) is 0.349. The number of rotatable bonds is 6. The lowest BCUT2D eigenvalue weighted by Gasteiger charge is -2.44. The van der Waals surface area contributed by atoms with Crippen molar-refractivity contribution in [1.29, 1.82) is 0 Å². The highest BCUT2D eigenvalue weighted by Gasteiger charge is 2.50. The second-order valence-electron chi connectivity index (χ2n) is 8.91. The van der Waals surface area contributed by atoms with Crippen LogP contribution in [-0.2, 0) is 9.47 Å². The summed E-state index contributed by atoms with van der Waals surface area (Å²) in [6.45, 7) is 13.6. The summed E-state index contributed by atoms with van der Waals surface area (Å²) >= 11 is 3.61. The van der Waals surface area contributed by atoms with Gasteiger partial charge in [-0.1, -0.05) is 47.2 Å². The van der Waals surface area contributed by atoms with Crippen LogP contribution in [0.1, 0.15) is 80.1 Å². The molecule has 0 heterocycles. The smallest absolute Gasteiger partial charge is 0.156 e. The summed E-state index contributed by atoms with van der Waals surface area (Å²) < 4.78 is 11.4. The van der Waals surface area contributed by atoms with Crippen LogP contribution >= 0.6 is 15.9 Å². The maximum absolute atomic E-state index is 5.91. The minimum absolute atomic E-state index is 0.215. The Morgan fingerprint density at radius 2 is 2.08 bits per heavy atom. The van der Waals surface area contributed by atoms with Crippen LogP contribution < -0.4 is 0 Å². The van der Waals surface area contributed by atoms with Crippen molar-refractivity contribution >= 4 is 15.9 Å². The van der Waals surface area contributed by atoms with Crippen LogP contribution in [0, 0.1) is 35.0 Å². The van der Waals surface area contributed by atoms with Crippen molar-refractivity contribution in [2.75, 3.05) is 6.61 Å². The molecular weight excluding hydrogens is 388 g/mol. The summed E-state index contributed by atoms with van der Waals surface area (Å²) in [5, 5.41) is 0. The van der Waals surface area contributed by atoms with E-state index in [0.717, 1.165) is 18.3 Å². The lowest BCUT2D eigenvalue weighted by molar-refractivity contribution is -0.169. The van der Waals surface area contributed by atoms with Gasteiger partial charge in [-0.2, -0.15) is 0 Å². The van der Waals surface area contributed by atoms with E-state index in [1.165, 1.54) is 32.1 Å². The maximum atomic E-state index is 5.91. The minimum Gasteiger partial charge on any atom is -0.353 e. The van der Waals surface area contributed by atoms with Gasteiger partial charge < -0.3 is 9.47 Å². The SMILES string of the molecule is CCOC(C)OC(C)(C)C#CC[C@@H](C)[C@H]1CC[C@@H]2/C(=C/Br)CCC[C@@]21C. The molecule has 0 amide bonds. The Labute approximate surface area is 169 Å². The lowest BCUT2D eigenvalue weighted by atomic mass is 9.61. The standard InChI is InChI=1S/C23H37BrO2/c1-7-25-18(3)26-22(4,5)14-8-10-17(2)20-12-13-21-19(16-24)11-9-15-23(20,21)6/h16-18,20-21H,7,9-13,15H2,1-6H3/b19-16+/t17-,18?,20-,21-,23-/m1/s1. The van der Waals surface area contributed by atoms with E-state index in [4.69, 9.17) is 9.47 Å². The van der Waals surface area contributed by atoms with Gasteiger partial charge in [0.1, 0.15) is 5.60 Å². The molecule has 2 aliphatic carbocycles. The highest BCUT2D eigenvalue weighted by Crippen LogP contribution is 2.59. The zero-order valence-corrected chi connectivity index (χ0v) is 19.1. The normalized spacial score (nSPS) is 32.7. The van der Waals surface area contributed by atoms with Gasteiger partial charge in [0.05, 0.1) is 0 Å². The summed E-state index contributed by atoms with van der Waals surface area (Å²) in [5.74, 6) is 8.94. The number of allylic oxidation sites excluding steroid dienone is 1. The Morgan fingerprint density at radius 3 is 2.73 bits per heavy atom. The third-order valence-electron chi connectivity index (χ3n) is 6.54. The molecule has 0 saturated heterocycles. The Morgan fingerprint density at radius 1 is 1.35 bits per heavy atom. The number of halogens is 1. The van der Waals surface area contributed by atoms with E-state index < -0.39 is 5.60 Å². The average Bonchev–Trinajstić information content (AvgIpc) is 2.91. The minimum atomic E-state index is -0.465. The van der Waals surface area contributed by atoms with Gasteiger partial charge >= 0.3 is 0 Å². The molecule has 0 radical (unpaired) electrons. The first-order valence-electron chi connectivity index (χ1n) is 10.3. The summed E-state index contributed by atoms with van der Waals surface area (Å²) in [6.07, 6.45) is 7.40. The van der Waals surface area contributed by atoms with E-state index in [1.807, 2.05) is 27.7 Å². The first kappa shape index (κ1) is 22.0. The van der Waals surface area contributed by atoms with Crippen LogP contribution in [0.15, 0.2) is 10.6 Å². The molecule has 0 bridgehead atoms. The molecule has 26 heavy (non-hydrogen) atoms. The van der Waals surface area contributed by atoms with E-state index in [9.17, 15) is 0 Å². The van der Waals surface area contributed by atoms with Crippen molar-refractivity contribution in [3.05, 3.63) is 10.6 Å². The van der Waals surface area contributed by atoms with Crippen molar-refractivity contribution in [1.82, 2.24) is 0 Å². The number of ether oxygens (including phenoxy) is 2. The van der Waals surface area contributed by atoms with Crippen LogP contribution in [0.5, 0.6) is 0 Å².